The van der Waals surface area contributed by atoms with E-state index in [-0.39, 0.29) is 4.90 Å². The molecule has 0 aliphatic heterocycles. The molecule has 0 heterocycles. The van der Waals surface area contributed by atoms with E-state index in [2.05, 4.69) is 41.3 Å². The van der Waals surface area contributed by atoms with Gasteiger partial charge in [0.15, 0.2) is 0 Å². The van der Waals surface area contributed by atoms with Gasteiger partial charge in [-0.05, 0) is 74.3 Å². The summed E-state index contributed by atoms with van der Waals surface area (Å²) >= 11 is 6.50. The van der Waals surface area contributed by atoms with Crippen molar-refractivity contribution in [3.8, 4) is 5.75 Å². The third-order valence-corrected chi connectivity index (χ3v) is 5.82. The lowest BCUT2D eigenvalue weighted by molar-refractivity contribution is -0.274. The zero-order valence-electron chi connectivity index (χ0n) is 11.1. The average Bonchev–Trinajstić information content (AvgIpc) is 2.41. The van der Waals surface area contributed by atoms with Crippen molar-refractivity contribution in [2.24, 2.45) is 0 Å². The molecule has 0 fully saturated rings. The molecule has 2 rings (SSSR count). The lowest BCUT2D eigenvalue weighted by Gasteiger charge is -2.11. The van der Waals surface area contributed by atoms with Gasteiger partial charge in [0.1, 0.15) is 5.75 Å². The highest BCUT2D eigenvalue weighted by Crippen LogP contribution is 2.28. The number of hydrogen-bond acceptors (Lipinski definition) is 3. The van der Waals surface area contributed by atoms with Crippen molar-refractivity contribution in [2.75, 3.05) is 4.72 Å². The van der Waals surface area contributed by atoms with Crippen molar-refractivity contribution in [1.29, 1.82) is 0 Å². The molecule has 0 aromatic heterocycles. The van der Waals surface area contributed by atoms with Crippen molar-refractivity contribution >= 4 is 47.6 Å². The van der Waals surface area contributed by atoms with Crippen LogP contribution in [-0.2, 0) is 10.0 Å². The highest BCUT2D eigenvalue weighted by molar-refractivity contribution is 9.13. The number of sulfonamides is 1. The monoisotopic (exact) mass is 473 g/mol. The van der Waals surface area contributed by atoms with Gasteiger partial charge in [-0.15, -0.1) is 13.2 Å². The Balaban J connectivity index is 2.20. The van der Waals surface area contributed by atoms with Crippen molar-refractivity contribution < 1.29 is 26.3 Å². The van der Waals surface area contributed by atoms with E-state index in [4.69, 9.17) is 0 Å². The van der Waals surface area contributed by atoms with Crippen molar-refractivity contribution in [1.82, 2.24) is 0 Å². The molecule has 0 aliphatic rings. The number of halogens is 5. The number of rotatable bonds is 4. The quantitative estimate of drug-likeness (QED) is 0.684. The van der Waals surface area contributed by atoms with Crippen LogP contribution in [0.5, 0.6) is 5.75 Å². The molecule has 0 spiro atoms. The fraction of sp³-hybridized carbons (Fsp3) is 0.0769. The van der Waals surface area contributed by atoms with E-state index in [9.17, 15) is 21.6 Å². The minimum Gasteiger partial charge on any atom is -0.406 e. The molecule has 0 saturated carbocycles. The Kier molecular flexibility index (Phi) is 5.27. The second-order valence-corrected chi connectivity index (χ2v) is 7.64. The number of benzene rings is 2. The third kappa shape index (κ3) is 5.11. The molecule has 124 valence electrons. The van der Waals surface area contributed by atoms with Gasteiger partial charge in [-0.2, -0.15) is 0 Å². The fourth-order valence-electron chi connectivity index (χ4n) is 1.59. The van der Waals surface area contributed by atoms with Crippen LogP contribution in [0.15, 0.2) is 56.3 Å². The number of alkyl halides is 3. The highest BCUT2D eigenvalue weighted by Gasteiger charge is 2.31. The third-order valence-electron chi connectivity index (χ3n) is 2.54. The van der Waals surface area contributed by atoms with E-state index < -0.39 is 22.1 Å². The summed E-state index contributed by atoms with van der Waals surface area (Å²) in [5.41, 5.74) is 0.302. The maximum absolute atomic E-state index is 12.2. The molecule has 1 N–H and O–H groups in total. The Morgan fingerprint density at radius 2 is 1.57 bits per heavy atom. The molecule has 2 aromatic carbocycles. The topological polar surface area (TPSA) is 55.4 Å². The van der Waals surface area contributed by atoms with Crippen molar-refractivity contribution in [3.63, 3.8) is 0 Å². The molecule has 0 saturated heterocycles. The maximum atomic E-state index is 12.2. The van der Waals surface area contributed by atoms with Crippen molar-refractivity contribution in [3.05, 3.63) is 51.4 Å². The van der Waals surface area contributed by atoms with Crippen LogP contribution in [-0.4, -0.2) is 14.8 Å². The molecule has 23 heavy (non-hydrogen) atoms. The van der Waals surface area contributed by atoms with E-state index in [1.165, 1.54) is 6.07 Å². The predicted molar refractivity (Wildman–Crippen MR) is 85.8 cm³/mol. The number of hydrogen-bond donors (Lipinski definition) is 1. The Bertz CT molecular complexity index is 808. The standard InChI is InChI=1S/C13H8Br2F3NO3S/c14-11-6-1-8(7-12(11)15)19-23(20,21)10-4-2-9(3-5-10)22-13(16,17)18/h1-7,19H. The summed E-state index contributed by atoms with van der Waals surface area (Å²) in [4.78, 5) is -0.189. The highest BCUT2D eigenvalue weighted by atomic mass is 79.9. The van der Waals surface area contributed by atoms with Crippen LogP contribution in [0.1, 0.15) is 0 Å². The van der Waals surface area contributed by atoms with Crippen LogP contribution in [0.2, 0.25) is 0 Å². The first-order valence-electron chi connectivity index (χ1n) is 5.90. The first-order valence-corrected chi connectivity index (χ1v) is 8.97. The molecule has 0 bridgehead atoms. The Morgan fingerprint density at radius 3 is 2.09 bits per heavy atom. The van der Waals surface area contributed by atoms with Gasteiger partial charge in [-0.3, -0.25) is 4.72 Å². The van der Waals surface area contributed by atoms with Gasteiger partial charge < -0.3 is 4.74 Å². The van der Waals surface area contributed by atoms with E-state index in [1.54, 1.807) is 12.1 Å². The van der Waals surface area contributed by atoms with Crippen LogP contribution < -0.4 is 9.46 Å². The summed E-state index contributed by atoms with van der Waals surface area (Å²) in [5.74, 6) is -0.497. The molecule has 2 aromatic rings. The SMILES string of the molecule is O=S(=O)(Nc1ccc(Br)c(Br)c1)c1ccc(OC(F)(F)F)cc1. The second kappa shape index (κ2) is 6.70. The maximum Gasteiger partial charge on any atom is 0.573 e. The first kappa shape index (κ1) is 18.1. The second-order valence-electron chi connectivity index (χ2n) is 4.25. The molecule has 0 aliphatic carbocycles. The Labute approximate surface area is 147 Å². The Morgan fingerprint density at radius 1 is 0.957 bits per heavy atom. The van der Waals surface area contributed by atoms with Crippen LogP contribution >= 0.6 is 31.9 Å². The number of nitrogens with one attached hydrogen (secondary N) is 1. The van der Waals surface area contributed by atoms with Crippen molar-refractivity contribution in [2.45, 2.75) is 11.3 Å². The smallest absolute Gasteiger partial charge is 0.406 e. The summed E-state index contributed by atoms with van der Waals surface area (Å²) in [7, 11) is -3.93. The molecule has 10 heteroatoms. The molecule has 4 nitrogen and oxygen atoms in total. The molecule has 0 radical (unpaired) electrons. The van der Waals surface area contributed by atoms with E-state index in [0.717, 1.165) is 28.7 Å². The van der Waals surface area contributed by atoms with E-state index >= 15 is 0 Å². The van der Waals surface area contributed by atoms with Gasteiger partial charge in [0.2, 0.25) is 0 Å². The summed E-state index contributed by atoms with van der Waals surface area (Å²) in [5, 5.41) is 0. The minimum absolute atomic E-state index is 0.189. The van der Waals surface area contributed by atoms with Gasteiger partial charge in [0, 0.05) is 8.95 Å². The van der Waals surface area contributed by atoms with E-state index in [1.807, 2.05) is 0 Å². The molecule has 0 atom stereocenters. The molecule has 0 unspecified atom stereocenters. The molecule has 0 amide bonds. The molecular formula is C13H8Br2F3NO3S. The normalized spacial score (nSPS) is 12.0. The zero-order valence-corrected chi connectivity index (χ0v) is 15.1. The van der Waals surface area contributed by atoms with Gasteiger partial charge in [-0.25, -0.2) is 8.42 Å². The predicted octanol–water partition coefficient (Wildman–Crippen LogP) is 4.91. The van der Waals surface area contributed by atoms with Crippen LogP contribution in [0, 0.1) is 0 Å². The number of ether oxygens (including phenoxy) is 1. The summed E-state index contributed by atoms with van der Waals surface area (Å²) < 4.78 is 68.0. The van der Waals surface area contributed by atoms with Crippen LogP contribution in [0.4, 0.5) is 18.9 Å². The zero-order chi connectivity index (χ0) is 17.3. The summed E-state index contributed by atoms with van der Waals surface area (Å²) in [6, 6.07) is 8.63. The van der Waals surface area contributed by atoms with Crippen LogP contribution in [0.25, 0.3) is 0 Å². The van der Waals surface area contributed by atoms with E-state index in [0.29, 0.717) is 10.2 Å². The van der Waals surface area contributed by atoms with Gasteiger partial charge in [0.05, 0.1) is 10.6 Å². The summed E-state index contributed by atoms with van der Waals surface area (Å²) in [6.45, 7) is 0. The van der Waals surface area contributed by atoms with Gasteiger partial charge in [-0.1, -0.05) is 0 Å². The lowest BCUT2D eigenvalue weighted by atomic mass is 10.3. The molecular weight excluding hydrogens is 467 g/mol. The lowest BCUT2D eigenvalue weighted by Crippen LogP contribution is -2.17. The summed E-state index contributed by atoms with van der Waals surface area (Å²) in [6.07, 6.45) is -4.83. The van der Waals surface area contributed by atoms with Crippen LogP contribution in [0.3, 0.4) is 0 Å². The van der Waals surface area contributed by atoms with Gasteiger partial charge in [0.25, 0.3) is 10.0 Å². The Hall–Kier alpha value is -1.26. The average molecular weight is 475 g/mol. The first-order chi connectivity index (χ1) is 10.6. The van der Waals surface area contributed by atoms with Gasteiger partial charge >= 0.3 is 6.36 Å². The number of anilines is 1. The fourth-order valence-corrected chi connectivity index (χ4v) is 3.27. The largest absolute Gasteiger partial charge is 0.573 e. The minimum atomic E-state index is -4.83.